The monoisotopic (exact) mass is 405 g/mol. The maximum absolute atomic E-state index is 12.3. The zero-order valence-electron chi connectivity index (χ0n) is 18.1. The highest BCUT2D eigenvalue weighted by atomic mass is 16.5. The average Bonchev–Trinajstić information content (AvgIpc) is 3.00. The Kier molecular flexibility index (Phi) is 9.25. The van der Waals surface area contributed by atoms with Crippen LogP contribution in [-0.4, -0.2) is 56.8 Å². The molecule has 1 atom stereocenters. The van der Waals surface area contributed by atoms with E-state index in [1.165, 1.54) is 39.9 Å². The lowest BCUT2D eigenvalue weighted by atomic mass is 10.0. The van der Waals surface area contributed by atoms with Crippen molar-refractivity contribution < 1.29 is 19.1 Å². The SMILES string of the molecule is COC(=O)c1cc(CNC(=O)NCC(C(C)C)N2CCCCCC2)ccc1OC. The Morgan fingerprint density at radius 2 is 1.76 bits per heavy atom. The number of hydrogen-bond donors (Lipinski definition) is 2. The van der Waals surface area contributed by atoms with Crippen molar-refractivity contribution in [1.29, 1.82) is 0 Å². The van der Waals surface area contributed by atoms with Crippen LogP contribution in [0.4, 0.5) is 4.79 Å². The Morgan fingerprint density at radius 3 is 2.34 bits per heavy atom. The number of urea groups is 1. The molecule has 0 spiro atoms. The van der Waals surface area contributed by atoms with Gasteiger partial charge in [-0.25, -0.2) is 9.59 Å². The number of esters is 1. The largest absolute Gasteiger partial charge is 0.496 e. The van der Waals surface area contributed by atoms with Gasteiger partial charge >= 0.3 is 12.0 Å². The van der Waals surface area contributed by atoms with E-state index in [2.05, 4.69) is 29.4 Å². The minimum atomic E-state index is -0.467. The molecule has 1 aliphatic rings. The van der Waals surface area contributed by atoms with Crippen molar-refractivity contribution in [2.75, 3.05) is 33.9 Å². The van der Waals surface area contributed by atoms with Crippen LogP contribution in [0.1, 0.15) is 55.5 Å². The summed E-state index contributed by atoms with van der Waals surface area (Å²) in [5.74, 6) is 0.449. The lowest BCUT2D eigenvalue weighted by Gasteiger charge is -2.33. The number of benzene rings is 1. The van der Waals surface area contributed by atoms with Crippen molar-refractivity contribution in [3.63, 3.8) is 0 Å². The van der Waals surface area contributed by atoms with Gasteiger partial charge in [0, 0.05) is 19.1 Å². The van der Waals surface area contributed by atoms with Crippen LogP contribution in [0.3, 0.4) is 0 Å². The van der Waals surface area contributed by atoms with Gasteiger partial charge in [-0.1, -0.05) is 32.8 Å². The molecule has 0 bridgehead atoms. The second kappa shape index (κ2) is 11.7. The minimum absolute atomic E-state index is 0.207. The van der Waals surface area contributed by atoms with Crippen molar-refractivity contribution in [3.05, 3.63) is 29.3 Å². The third-order valence-corrected chi connectivity index (χ3v) is 5.47. The second-order valence-corrected chi connectivity index (χ2v) is 7.85. The van der Waals surface area contributed by atoms with E-state index < -0.39 is 5.97 Å². The van der Waals surface area contributed by atoms with E-state index in [9.17, 15) is 9.59 Å². The minimum Gasteiger partial charge on any atom is -0.496 e. The molecule has 162 valence electrons. The fourth-order valence-electron chi connectivity index (χ4n) is 3.79. The number of carbonyl (C=O) groups excluding carboxylic acids is 2. The zero-order valence-corrected chi connectivity index (χ0v) is 18.1. The number of hydrogen-bond acceptors (Lipinski definition) is 5. The lowest BCUT2D eigenvalue weighted by molar-refractivity contribution is 0.0597. The van der Waals surface area contributed by atoms with Crippen molar-refractivity contribution in [2.45, 2.75) is 52.1 Å². The molecular weight excluding hydrogens is 370 g/mol. The maximum Gasteiger partial charge on any atom is 0.341 e. The fraction of sp³-hybridized carbons (Fsp3) is 0.636. The first kappa shape index (κ1) is 23.0. The molecule has 1 fully saturated rings. The van der Waals surface area contributed by atoms with Crippen LogP contribution < -0.4 is 15.4 Å². The van der Waals surface area contributed by atoms with Gasteiger partial charge in [-0.05, 0) is 49.5 Å². The molecule has 0 aliphatic carbocycles. The number of methoxy groups -OCH3 is 2. The van der Waals surface area contributed by atoms with Crippen LogP contribution in [0.5, 0.6) is 5.75 Å². The smallest absolute Gasteiger partial charge is 0.341 e. The summed E-state index contributed by atoms with van der Waals surface area (Å²) in [7, 11) is 2.83. The molecule has 1 aliphatic heterocycles. The molecule has 7 heteroatoms. The number of ether oxygens (including phenoxy) is 2. The summed E-state index contributed by atoms with van der Waals surface area (Å²) < 4.78 is 9.99. The van der Waals surface area contributed by atoms with E-state index in [1.54, 1.807) is 12.1 Å². The average molecular weight is 406 g/mol. The van der Waals surface area contributed by atoms with Crippen molar-refractivity contribution >= 4 is 12.0 Å². The number of carbonyl (C=O) groups is 2. The first-order chi connectivity index (χ1) is 14.0. The predicted octanol–water partition coefficient (Wildman–Crippen LogP) is 3.18. The van der Waals surface area contributed by atoms with Crippen LogP contribution in [-0.2, 0) is 11.3 Å². The standard InChI is InChI=1S/C22H35N3O4/c1-16(2)19(25-11-7-5-6-8-12-25)15-24-22(27)23-14-17-9-10-20(28-3)18(13-17)21(26)29-4/h9-10,13,16,19H,5-8,11-12,14-15H2,1-4H3,(H2,23,24,27). The summed E-state index contributed by atoms with van der Waals surface area (Å²) in [6, 6.07) is 5.33. The first-order valence-corrected chi connectivity index (χ1v) is 10.5. The molecule has 2 amide bonds. The van der Waals surface area contributed by atoms with Crippen molar-refractivity contribution in [3.8, 4) is 5.75 Å². The van der Waals surface area contributed by atoms with Gasteiger partial charge in [-0.15, -0.1) is 0 Å². The number of nitrogens with zero attached hydrogens (tertiary/aromatic N) is 1. The van der Waals surface area contributed by atoms with Gasteiger partial charge in [0.2, 0.25) is 0 Å². The Bertz CT molecular complexity index is 670. The van der Waals surface area contributed by atoms with Crippen LogP contribution in [0.15, 0.2) is 18.2 Å². The van der Waals surface area contributed by atoms with E-state index in [-0.39, 0.29) is 6.03 Å². The summed E-state index contributed by atoms with van der Waals surface area (Å²) in [5, 5.41) is 5.88. The Morgan fingerprint density at radius 1 is 1.07 bits per heavy atom. The van der Waals surface area contributed by atoms with Gasteiger partial charge in [0.05, 0.1) is 14.2 Å². The molecule has 2 N–H and O–H groups in total. The summed E-state index contributed by atoms with van der Waals surface area (Å²) in [4.78, 5) is 26.7. The summed E-state index contributed by atoms with van der Waals surface area (Å²) in [6.07, 6.45) is 5.06. The van der Waals surface area contributed by atoms with Gasteiger partial charge in [0.1, 0.15) is 11.3 Å². The van der Waals surface area contributed by atoms with Gasteiger partial charge in [-0.2, -0.15) is 0 Å². The highest BCUT2D eigenvalue weighted by Gasteiger charge is 2.23. The van der Waals surface area contributed by atoms with E-state index >= 15 is 0 Å². The third-order valence-electron chi connectivity index (χ3n) is 5.47. The van der Waals surface area contributed by atoms with E-state index in [1.807, 2.05) is 6.07 Å². The molecule has 0 radical (unpaired) electrons. The van der Waals surface area contributed by atoms with E-state index in [0.29, 0.717) is 36.4 Å². The molecule has 0 saturated carbocycles. The fourth-order valence-corrected chi connectivity index (χ4v) is 3.79. The number of amides is 2. The lowest BCUT2D eigenvalue weighted by Crippen LogP contribution is -2.49. The molecule has 29 heavy (non-hydrogen) atoms. The zero-order chi connectivity index (χ0) is 21.2. The summed E-state index contributed by atoms with van der Waals surface area (Å²) in [6.45, 7) is 7.57. The normalized spacial score (nSPS) is 16.0. The molecule has 0 aromatic heterocycles. The molecular formula is C22H35N3O4. The van der Waals surface area contributed by atoms with Gasteiger partial charge < -0.3 is 20.1 Å². The van der Waals surface area contributed by atoms with E-state index in [0.717, 1.165) is 18.7 Å². The Labute approximate surface area is 174 Å². The molecule has 1 saturated heterocycles. The quantitative estimate of drug-likeness (QED) is 0.650. The maximum atomic E-state index is 12.3. The molecule has 1 aromatic rings. The molecule has 1 unspecified atom stereocenters. The summed E-state index contributed by atoms with van der Waals surface area (Å²) in [5.41, 5.74) is 1.14. The highest BCUT2D eigenvalue weighted by Crippen LogP contribution is 2.21. The van der Waals surface area contributed by atoms with Gasteiger partial charge in [0.25, 0.3) is 0 Å². The molecule has 2 rings (SSSR count). The van der Waals surface area contributed by atoms with Crippen molar-refractivity contribution in [2.24, 2.45) is 5.92 Å². The number of likely N-dealkylation sites (tertiary alicyclic amines) is 1. The Hall–Kier alpha value is -2.28. The molecule has 1 aromatic carbocycles. The van der Waals surface area contributed by atoms with E-state index in [4.69, 9.17) is 9.47 Å². The van der Waals surface area contributed by atoms with Crippen LogP contribution in [0.2, 0.25) is 0 Å². The molecule has 1 heterocycles. The highest BCUT2D eigenvalue weighted by molar-refractivity contribution is 5.92. The number of rotatable bonds is 8. The van der Waals surface area contributed by atoms with Gasteiger partial charge in [-0.3, -0.25) is 4.90 Å². The number of nitrogens with one attached hydrogen (secondary N) is 2. The predicted molar refractivity (Wildman–Crippen MR) is 113 cm³/mol. The Balaban J connectivity index is 1.89. The second-order valence-electron chi connectivity index (χ2n) is 7.85. The van der Waals surface area contributed by atoms with Crippen LogP contribution in [0, 0.1) is 5.92 Å². The van der Waals surface area contributed by atoms with Crippen molar-refractivity contribution in [1.82, 2.24) is 15.5 Å². The summed E-state index contributed by atoms with van der Waals surface area (Å²) >= 11 is 0. The molecule has 7 nitrogen and oxygen atoms in total. The first-order valence-electron chi connectivity index (χ1n) is 10.5. The van der Waals surface area contributed by atoms with Crippen LogP contribution in [0.25, 0.3) is 0 Å². The topological polar surface area (TPSA) is 79.9 Å². The van der Waals surface area contributed by atoms with Gasteiger partial charge in [0.15, 0.2) is 0 Å². The van der Waals surface area contributed by atoms with Crippen LogP contribution >= 0.6 is 0 Å². The third kappa shape index (κ3) is 6.92.